The molecule has 0 radical (unpaired) electrons. The maximum atomic E-state index is 13.5. The van der Waals surface area contributed by atoms with Gasteiger partial charge < -0.3 is 54.7 Å². The molecule has 0 fully saturated rings. The number of Topliss-reactive ketones (excluding diaryl/α,β-unsaturated/α-hetero) is 2. The Bertz CT molecular complexity index is 4540. The number of nitrogen functional groups attached to an aromatic ring is 1. The van der Waals surface area contributed by atoms with Crippen LogP contribution in [0, 0.1) is 0 Å². The van der Waals surface area contributed by atoms with Crippen LogP contribution in [0.25, 0.3) is 45.8 Å². The van der Waals surface area contributed by atoms with Crippen molar-refractivity contribution >= 4 is 29.0 Å². The van der Waals surface area contributed by atoms with Gasteiger partial charge in [-0.15, -0.1) is 0 Å². The molecule has 103 heavy (non-hydrogen) atoms. The van der Waals surface area contributed by atoms with E-state index in [0.29, 0.717) is 133 Å². The number of para-hydroxylation sites is 3. The normalized spacial score (nSPS) is 11.1. The summed E-state index contributed by atoms with van der Waals surface area (Å²) in [7, 11) is 7.34. The lowest BCUT2D eigenvalue weighted by atomic mass is 10.0. The summed E-state index contributed by atoms with van der Waals surface area (Å²) < 4.78 is 35.0. The van der Waals surface area contributed by atoms with Crippen LogP contribution in [0.15, 0.2) is 231 Å². The van der Waals surface area contributed by atoms with Crippen molar-refractivity contribution in [3.63, 3.8) is 0 Å². The van der Waals surface area contributed by atoms with E-state index < -0.39 is 0 Å². The van der Waals surface area contributed by atoms with Crippen molar-refractivity contribution < 1.29 is 38.0 Å². The predicted molar refractivity (Wildman–Crippen MR) is 399 cm³/mol. The molecule has 0 aliphatic heterocycles. The van der Waals surface area contributed by atoms with Crippen LogP contribution in [0.4, 0.5) is 17.5 Å². The summed E-state index contributed by atoms with van der Waals surface area (Å²) in [6, 6.07) is 62.4. The highest BCUT2D eigenvalue weighted by atomic mass is 16.5. The molecule has 526 valence electrons. The molecule has 7 aromatic heterocycles. The zero-order valence-electron chi connectivity index (χ0n) is 58.3. The Kier molecular flexibility index (Phi) is 27.8. The number of pyridine rings is 3. The van der Waals surface area contributed by atoms with Crippen LogP contribution in [-0.2, 0) is 22.3 Å². The van der Waals surface area contributed by atoms with E-state index in [1.807, 2.05) is 185 Å². The minimum Gasteiger partial charge on any atom is -0.492 e. The number of H-pyrrole nitrogens is 1. The number of likely N-dealkylation sites (N-methyl/N-ethyl adjacent to an activating group) is 1. The van der Waals surface area contributed by atoms with Gasteiger partial charge in [0.05, 0.1) is 19.5 Å². The number of benzene rings is 5. The van der Waals surface area contributed by atoms with Gasteiger partial charge in [-0.2, -0.15) is 0 Å². The number of carbonyl (C=O) groups excluding carboxylic acids is 2. The average molecular weight is 1380 g/mol. The number of hydrogen-bond donors (Lipinski definition) is 4. The smallest absolute Gasteiger partial charge is 0.199 e. The molecule has 1 atom stereocenters. The van der Waals surface area contributed by atoms with Crippen LogP contribution < -0.4 is 35.3 Å². The van der Waals surface area contributed by atoms with E-state index in [4.69, 9.17) is 49.1 Å². The highest BCUT2D eigenvalue weighted by Crippen LogP contribution is 2.41. The van der Waals surface area contributed by atoms with Crippen molar-refractivity contribution in [2.24, 2.45) is 0 Å². The van der Waals surface area contributed by atoms with E-state index in [2.05, 4.69) is 67.5 Å². The third-order valence-corrected chi connectivity index (χ3v) is 15.4. The number of unbranched alkanes of at least 4 members (excludes halogenated alkanes) is 1. The highest BCUT2D eigenvalue weighted by Gasteiger charge is 2.27. The molecule has 0 aliphatic carbocycles. The lowest BCUT2D eigenvalue weighted by Crippen LogP contribution is -2.23. The summed E-state index contributed by atoms with van der Waals surface area (Å²) in [5.41, 5.74) is 12.1. The quantitative estimate of drug-likeness (QED) is 0.0220. The molecule has 5 N–H and O–H groups in total. The second kappa shape index (κ2) is 39.0. The Morgan fingerprint density at radius 2 is 1.05 bits per heavy atom. The number of aromatic amines is 1. The first kappa shape index (κ1) is 73.5. The molecule has 7 heterocycles. The van der Waals surface area contributed by atoms with Gasteiger partial charge in [0.15, 0.2) is 75.1 Å². The molecule has 12 aromatic rings. The third kappa shape index (κ3) is 22.4. The van der Waals surface area contributed by atoms with E-state index in [1.165, 1.54) is 5.56 Å². The Morgan fingerprint density at radius 1 is 0.524 bits per heavy atom. The molecule has 1 unspecified atom stereocenters. The molecule has 0 spiro atoms. The number of aromatic nitrogens is 11. The molecule has 23 heteroatoms. The monoisotopic (exact) mass is 1380 g/mol. The van der Waals surface area contributed by atoms with E-state index >= 15 is 0 Å². The maximum Gasteiger partial charge on any atom is 0.199 e. The highest BCUT2D eigenvalue weighted by molar-refractivity contribution is 5.99. The van der Waals surface area contributed by atoms with Crippen LogP contribution in [-0.4, -0.2) is 139 Å². The number of ketones is 2. The zero-order valence-corrected chi connectivity index (χ0v) is 58.3. The van der Waals surface area contributed by atoms with Gasteiger partial charge in [0.2, 0.25) is 0 Å². The van der Waals surface area contributed by atoms with Gasteiger partial charge in [-0.25, -0.2) is 34.9 Å². The van der Waals surface area contributed by atoms with Gasteiger partial charge in [-0.3, -0.25) is 24.5 Å². The number of carbonyl (C=O) groups is 2. The minimum atomic E-state index is -0.145. The third-order valence-electron chi connectivity index (χ3n) is 15.4. The van der Waals surface area contributed by atoms with Gasteiger partial charge in [0.25, 0.3) is 0 Å². The number of nitrogens with zero attached hydrogens (tertiary/aromatic N) is 11. The summed E-state index contributed by atoms with van der Waals surface area (Å²) in [4.78, 5) is 76.9. The van der Waals surface area contributed by atoms with Crippen LogP contribution in [0.3, 0.4) is 0 Å². The topological polar surface area (TPSA) is 288 Å². The second-order valence-corrected chi connectivity index (χ2v) is 23.7. The number of imidazole rings is 1. The number of nitrogens with two attached hydrogens (primary N) is 1. The molecule has 12 rings (SSSR count). The van der Waals surface area contributed by atoms with Gasteiger partial charge >= 0.3 is 0 Å². The van der Waals surface area contributed by atoms with Gasteiger partial charge in [-0.05, 0) is 144 Å². The lowest BCUT2D eigenvalue weighted by Gasteiger charge is -2.19. The van der Waals surface area contributed by atoms with Gasteiger partial charge in [-0.1, -0.05) is 115 Å². The number of anilines is 3. The summed E-state index contributed by atoms with van der Waals surface area (Å²) >= 11 is 0. The van der Waals surface area contributed by atoms with E-state index in [1.54, 1.807) is 69.6 Å². The molecular weight excluding hydrogens is 1300 g/mol. The van der Waals surface area contributed by atoms with Gasteiger partial charge in [0, 0.05) is 82.2 Å². The van der Waals surface area contributed by atoms with Crippen LogP contribution in [0.5, 0.6) is 40.2 Å². The largest absolute Gasteiger partial charge is 0.492 e. The van der Waals surface area contributed by atoms with Crippen molar-refractivity contribution in [3.8, 4) is 86.1 Å². The predicted octanol–water partition coefficient (Wildman–Crippen LogP) is 15.2. The molecule has 5 aromatic carbocycles. The number of hydrogen-bond acceptors (Lipinski definition) is 22. The fraction of sp³-hybridized carbons (Fsp3) is 0.225. The minimum absolute atomic E-state index is 0.0861. The zero-order chi connectivity index (χ0) is 71.8. The summed E-state index contributed by atoms with van der Waals surface area (Å²) in [5.74, 6) is 5.52. The molecule has 0 saturated carbocycles. The first-order valence-electron chi connectivity index (χ1n) is 33.9. The van der Waals surface area contributed by atoms with Crippen molar-refractivity contribution in [1.82, 2.24) is 59.7 Å². The molecular formula is C80H83N15O8. The number of aryl methyl sites for hydroxylation is 2. The summed E-state index contributed by atoms with van der Waals surface area (Å²) in [5, 5.41) is 6.68. The van der Waals surface area contributed by atoms with E-state index in [-0.39, 0.29) is 40.6 Å². The molecule has 23 nitrogen and oxygen atoms in total. The number of nitrogens with one attached hydrogen (secondary N) is 3. The molecule has 0 amide bonds. The Balaban J connectivity index is 0.000000167. The van der Waals surface area contributed by atoms with Crippen LogP contribution >= 0.6 is 0 Å². The Labute approximate surface area is 599 Å². The Morgan fingerprint density at radius 3 is 1.60 bits per heavy atom. The van der Waals surface area contributed by atoms with Crippen molar-refractivity contribution in [2.45, 2.75) is 57.9 Å². The first-order valence-corrected chi connectivity index (χ1v) is 33.9. The van der Waals surface area contributed by atoms with Crippen LogP contribution in [0.2, 0.25) is 0 Å². The number of methoxy groups -OCH3 is 2. The number of rotatable bonds is 33. The number of ether oxygens (including phenoxy) is 6. The van der Waals surface area contributed by atoms with Crippen LogP contribution in [0.1, 0.15) is 71.3 Å². The molecule has 0 aliphatic rings. The van der Waals surface area contributed by atoms with E-state index in [9.17, 15) is 9.59 Å². The van der Waals surface area contributed by atoms with Crippen molar-refractivity contribution in [1.29, 1.82) is 0 Å². The first-order chi connectivity index (χ1) is 50.5. The summed E-state index contributed by atoms with van der Waals surface area (Å²) in [6.45, 7) is 4.87. The molecule has 0 bridgehead atoms. The lowest BCUT2D eigenvalue weighted by molar-refractivity contribution is 0.0964. The van der Waals surface area contributed by atoms with Crippen molar-refractivity contribution in [3.05, 3.63) is 254 Å². The van der Waals surface area contributed by atoms with Crippen molar-refractivity contribution in [2.75, 3.05) is 77.6 Å². The SMILES string of the molecule is COCC(C)Nc1nc(-c2ccccn2)nc(C(=O)CCCCc2cnc[nH]2)c1Oc1ccccc1.COCCNc1nc(-c2ccccn2)nc(-c2cccc(OCCN(C)C)c2)c1Oc1ccccc1.Nc1nc(-c2ccccn2)nc(C(=O)CCCc2ccccc2)c1Oc1ccccc1. The average Bonchev–Trinajstić information content (AvgIpc) is 1.06. The Hall–Kier alpha value is -12.2. The fourth-order valence-corrected chi connectivity index (χ4v) is 10.3. The standard InChI is InChI=1S/C28H31N5O3.C27H30N6O3.C25H22N4O2/c1-33(2)17-19-35-23-13-9-10-21(20-23)25-26(36-22-11-5-4-6-12-22)28(30-16-18-34-3)32-27(31-25)24-14-7-8-15-29-24;1-19(17-35-2)31-27-25(36-21-11-4-3-5-12-21)24(32-26(33-27)22-13-8-9-15-29-22)23(34)14-7-6-10-20-16-28-18-30-20;26-24-23(31-19-13-5-2-6-14-19)22(28-25(29-24)20-15-7-8-17-27-20)21(30)16-9-12-18-10-3-1-4-11-18/h4-15,20H,16-19H2,1-3H3,(H,30,31,32);3-5,8-9,11-13,15-16,18-19H,6-7,10,14,17H2,1-2H3,(H,28,30)(H,31,32,33);1-8,10-11,13-15,17H,9,12,16H2,(H2,26,28,29). The van der Waals surface area contributed by atoms with Gasteiger partial charge in [0.1, 0.15) is 52.4 Å². The second-order valence-electron chi connectivity index (χ2n) is 23.7. The molecule has 0 saturated heterocycles. The fourth-order valence-electron chi connectivity index (χ4n) is 10.3. The summed E-state index contributed by atoms with van der Waals surface area (Å²) in [6.07, 6.45) is 13.0. The van der Waals surface area contributed by atoms with E-state index in [0.717, 1.165) is 42.8 Å². The maximum absolute atomic E-state index is 13.5.